The van der Waals surface area contributed by atoms with Crippen LogP contribution in [0.25, 0.3) is 16.6 Å². The van der Waals surface area contributed by atoms with Gasteiger partial charge in [0, 0.05) is 35.8 Å². The van der Waals surface area contributed by atoms with Gasteiger partial charge in [0.15, 0.2) is 10.9 Å². The highest BCUT2D eigenvalue weighted by molar-refractivity contribution is 7.99. The summed E-state index contributed by atoms with van der Waals surface area (Å²) in [7, 11) is 1.66. The van der Waals surface area contributed by atoms with E-state index in [-0.39, 0.29) is 11.5 Å². The molecule has 1 saturated heterocycles. The van der Waals surface area contributed by atoms with Gasteiger partial charge >= 0.3 is 0 Å². The number of methoxy groups -OCH3 is 1. The first-order valence-corrected chi connectivity index (χ1v) is 11.8. The highest BCUT2D eigenvalue weighted by atomic mass is 32.2. The molecule has 0 saturated carbocycles. The minimum absolute atomic E-state index is 0.0570. The number of hydrogen-bond donors (Lipinski definition) is 1. The molecule has 1 N–H and O–H groups in total. The molecule has 2 aromatic heterocycles. The Morgan fingerprint density at radius 2 is 1.84 bits per heavy atom. The van der Waals surface area contributed by atoms with Crippen LogP contribution in [-0.2, 0) is 0 Å². The third kappa shape index (κ3) is 3.86. The van der Waals surface area contributed by atoms with E-state index >= 15 is 0 Å². The van der Waals surface area contributed by atoms with Gasteiger partial charge in [-0.15, -0.1) is 10.2 Å². The number of thioether (sulfide) groups is 1. The Bertz CT molecular complexity index is 1240. The van der Waals surface area contributed by atoms with Crippen molar-refractivity contribution in [2.75, 3.05) is 30.9 Å². The summed E-state index contributed by atoms with van der Waals surface area (Å²) in [6, 6.07) is 15.7. The molecule has 4 aromatic rings. The van der Waals surface area contributed by atoms with E-state index in [0.29, 0.717) is 10.7 Å². The van der Waals surface area contributed by atoms with Crippen LogP contribution in [0, 0.1) is 0 Å². The van der Waals surface area contributed by atoms with Gasteiger partial charge < -0.3 is 14.6 Å². The number of ketones is 1. The van der Waals surface area contributed by atoms with Crippen LogP contribution in [0.5, 0.6) is 5.75 Å². The molecule has 1 aliphatic rings. The zero-order valence-electron chi connectivity index (χ0n) is 18.0. The fourth-order valence-corrected chi connectivity index (χ4v) is 5.01. The van der Waals surface area contributed by atoms with E-state index in [0.717, 1.165) is 54.2 Å². The van der Waals surface area contributed by atoms with Crippen LogP contribution in [0.1, 0.15) is 29.6 Å². The number of rotatable bonds is 7. The Hall–Kier alpha value is -3.26. The van der Waals surface area contributed by atoms with Crippen molar-refractivity contribution >= 4 is 34.4 Å². The third-order valence-corrected chi connectivity index (χ3v) is 6.73. The van der Waals surface area contributed by atoms with Gasteiger partial charge in [0.25, 0.3) is 0 Å². The molecule has 3 heterocycles. The van der Waals surface area contributed by atoms with Crippen LogP contribution in [-0.4, -0.2) is 51.5 Å². The van der Waals surface area contributed by atoms with E-state index in [1.54, 1.807) is 13.3 Å². The average Bonchev–Trinajstić information content (AvgIpc) is 3.47. The summed E-state index contributed by atoms with van der Waals surface area (Å²) in [5.41, 5.74) is 2.54. The first-order valence-electron chi connectivity index (χ1n) is 10.8. The molecule has 0 atom stereocenters. The first-order chi connectivity index (χ1) is 15.8. The van der Waals surface area contributed by atoms with E-state index in [2.05, 4.69) is 20.1 Å². The highest BCUT2D eigenvalue weighted by Crippen LogP contribution is 2.33. The van der Waals surface area contributed by atoms with E-state index in [4.69, 9.17) is 4.74 Å². The van der Waals surface area contributed by atoms with E-state index in [9.17, 15) is 4.79 Å². The number of ether oxygens (including phenoxy) is 1. The minimum atomic E-state index is 0.0570. The molecule has 7 nitrogen and oxygen atoms in total. The Morgan fingerprint density at radius 1 is 1.06 bits per heavy atom. The SMILES string of the molecule is COc1ccccc1-n1c(SCC(=O)c2c[nH]c3ccccc23)nnc1N1CCCCC1. The topological polar surface area (TPSA) is 76.0 Å². The third-order valence-electron chi connectivity index (χ3n) is 5.80. The quantitative estimate of drug-likeness (QED) is 0.326. The molecular formula is C24H25N5O2S. The number of piperidine rings is 1. The highest BCUT2D eigenvalue weighted by Gasteiger charge is 2.24. The number of nitrogens with zero attached hydrogens (tertiary/aromatic N) is 4. The minimum Gasteiger partial charge on any atom is -0.495 e. The monoisotopic (exact) mass is 447 g/mol. The van der Waals surface area contributed by atoms with Crippen molar-refractivity contribution in [2.24, 2.45) is 0 Å². The molecule has 0 spiro atoms. The van der Waals surface area contributed by atoms with Crippen LogP contribution in [0.2, 0.25) is 0 Å². The van der Waals surface area contributed by atoms with Gasteiger partial charge in [-0.05, 0) is 37.5 Å². The van der Waals surface area contributed by atoms with Crippen molar-refractivity contribution in [3.05, 3.63) is 60.3 Å². The maximum atomic E-state index is 13.0. The standard InChI is InChI=1S/C24H25N5O2S/c1-31-22-12-6-5-11-20(22)29-23(28-13-7-2-8-14-28)26-27-24(29)32-16-21(30)18-15-25-19-10-4-3-9-17(18)19/h3-6,9-12,15,25H,2,7-8,13-14,16H2,1H3. The van der Waals surface area contributed by atoms with Gasteiger partial charge in [0.2, 0.25) is 5.95 Å². The maximum Gasteiger partial charge on any atom is 0.232 e. The number of nitrogens with one attached hydrogen (secondary N) is 1. The molecule has 0 amide bonds. The van der Waals surface area contributed by atoms with Gasteiger partial charge in [0.05, 0.1) is 18.6 Å². The number of aromatic amines is 1. The number of hydrogen-bond acceptors (Lipinski definition) is 6. The second-order valence-corrected chi connectivity index (χ2v) is 8.74. The largest absolute Gasteiger partial charge is 0.495 e. The maximum absolute atomic E-state index is 13.0. The van der Waals surface area contributed by atoms with Crippen LogP contribution in [0.4, 0.5) is 5.95 Å². The van der Waals surface area contributed by atoms with Crippen LogP contribution >= 0.6 is 11.8 Å². The lowest BCUT2D eigenvalue weighted by Gasteiger charge is -2.28. The van der Waals surface area contributed by atoms with Crippen LogP contribution < -0.4 is 9.64 Å². The van der Waals surface area contributed by atoms with E-state index < -0.39 is 0 Å². The average molecular weight is 448 g/mol. The molecule has 164 valence electrons. The summed E-state index contributed by atoms with van der Waals surface area (Å²) in [5, 5.41) is 10.6. The Balaban J connectivity index is 1.47. The lowest BCUT2D eigenvalue weighted by atomic mass is 10.1. The van der Waals surface area contributed by atoms with Crippen molar-refractivity contribution in [3.8, 4) is 11.4 Å². The zero-order valence-corrected chi connectivity index (χ0v) is 18.8. The first kappa shape index (κ1) is 20.6. The number of fused-ring (bicyclic) bond motifs is 1. The predicted molar refractivity (Wildman–Crippen MR) is 127 cm³/mol. The predicted octanol–water partition coefficient (Wildman–Crippen LogP) is 4.72. The van der Waals surface area contributed by atoms with Crippen LogP contribution in [0.3, 0.4) is 0 Å². The van der Waals surface area contributed by atoms with Crippen molar-refractivity contribution in [3.63, 3.8) is 0 Å². The summed E-state index contributed by atoms with van der Waals surface area (Å²) in [4.78, 5) is 18.5. The Kier molecular flexibility index (Phi) is 5.85. The molecule has 8 heteroatoms. The summed E-state index contributed by atoms with van der Waals surface area (Å²) in [6.07, 6.45) is 5.30. The number of para-hydroxylation sites is 3. The van der Waals surface area contributed by atoms with Gasteiger partial charge in [0.1, 0.15) is 5.75 Å². The number of carbonyl (C=O) groups is 1. The van der Waals surface area contributed by atoms with Crippen LogP contribution in [0.15, 0.2) is 59.9 Å². The smallest absolute Gasteiger partial charge is 0.232 e. The van der Waals surface area contributed by atoms with Crippen molar-refractivity contribution < 1.29 is 9.53 Å². The summed E-state index contributed by atoms with van der Waals surface area (Å²) in [5.74, 6) is 1.88. The molecule has 0 unspecified atom stereocenters. The summed E-state index contributed by atoms with van der Waals surface area (Å²) >= 11 is 1.40. The molecule has 5 rings (SSSR count). The summed E-state index contributed by atoms with van der Waals surface area (Å²) in [6.45, 7) is 1.90. The fraction of sp³-hybridized carbons (Fsp3) is 0.292. The van der Waals surface area contributed by atoms with Gasteiger partial charge in [-0.2, -0.15) is 0 Å². The number of benzene rings is 2. The Labute approximate surface area is 190 Å². The molecule has 1 aliphatic heterocycles. The number of carbonyl (C=O) groups excluding carboxylic acids is 1. The van der Waals surface area contributed by atoms with E-state index in [1.807, 2.05) is 53.1 Å². The van der Waals surface area contributed by atoms with Crippen molar-refractivity contribution in [1.29, 1.82) is 0 Å². The number of H-pyrrole nitrogens is 1. The zero-order chi connectivity index (χ0) is 21.9. The van der Waals surface area contributed by atoms with Gasteiger partial charge in [-0.3, -0.25) is 9.36 Å². The number of anilines is 1. The lowest BCUT2D eigenvalue weighted by molar-refractivity contribution is 0.102. The van der Waals surface area contributed by atoms with E-state index in [1.165, 1.54) is 18.2 Å². The molecule has 0 bridgehead atoms. The molecule has 0 aliphatic carbocycles. The van der Waals surface area contributed by atoms with Gasteiger partial charge in [-0.25, -0.2) is 0 Å². The van der Waals surface area contributed by atoms with Crippen molar-refractivity contribution in [1.82, 2.24) is 19.7 Å². The van der Waals surface area contributed by atoms with Gasteiger partial charge in [-0.1, -0.05) is 42.1 Å². The lowest BCUT2D eigenvalue weighted by Crippen LogP contribution is -2.31. The fourth-order valence-electron chi connectivity index (χ4n) is 4.19. The number of aromatic nitrogens is 4. The molecule has 1 fully saturated rings. The Morgan fingerprint density at radius 3 is 2.69 bits per heavy atom. The number of Topliss-reactive ketones (excluding diaryl/α,β-unsaturated/α-hetero) is 1. The molecule has 0 radical (unpaired) electrons. The molecule has 2 aromatic carbocycles. The normalized spacial score (nSPS) is 14.1. The summed E-state index contributed by atoms with van der Waals surface area (Å²) < 4.78 is 7.65. The second kappa shape index (κ2) is 9.08. The molecular weight excluding hydrogens is 422 g/mol. The molecule has 32 heavy (non-hydrogen) atoms. The van der Waals surface area contributed by atoms with Crippen molar-refractivity contribution in [2.45, 2.75) is 24.4 Å². The second-order valence-electron chi connectivity index (χ2n) is 7.80.